The Hall–Kier alpha value is -2.60. The van der Waals surface area contributed by atoms with Crippen LogP contribution in [-0.2, 0) is 19.6 Å². The van der Waals surface area contributed by atoms with E-state index in [0.717, 1.165) is 19.0 Å². The van der Waals surface area contributed by atoms with Gasteiger partial charge in [0.05, 0.1) is 6.33 Å². The Bertz CT molecular complexity index is 834. The highest BCUT2D eigenvalue weighted by Crippen LogP contribution is 2.17. The number of benzene rings is 2. The van der Waals surface area contributed by atoms with Gasteiger partial charge in [-0.1, -0.05) is 30.3 Å². The highest BCUT2D eigenvalue weighted by Gasteiger charge is 2.14. The molecular weight excluding hydrogens is 339 g/mol. The van der Waals surface area contributed by atoms with E-state index in [0.29, 0.717) is 18.7 Å². The molecule has 2 aromatic carbocycles. The molecule has 0 radical (unpaired) electrons. The normalized spacial score (nSPS) is 11.2. The zero-order valence-corrected chi connectivity index (χ0v) is 14.3. The van der Waals surface area contributed by atoms with Gasteiger partial charge in [0.2, 0.25) is 0 Å². The molecule has 136 valence electrons. The second kappa shape index (κ2) is 8.67. The van der Waals surface area contributed by atoms with Gasteiger partial charge >= 0.3 is 0 Å². The number of rotatable bonds is 8. The minimum atomic E-state index is -0.869. The summed E-state index contributed by atoms with van der Waals surface area (Å²) in [7, 11) is 0. The third-order valence-electron chi connectivity index (χ3n) is 4.23. The van der Waals surface area contributed by atoms with Crippen LogP contribution in [-0.4, -0.2) is 21.0 Å². The quantitative estimate of drug-likeness (QED) is 0.595. The highest BCUT2D eigenvalue weighted by atomic mass is 19.2. The van der Waals surface area contributed by atoms with Crippen LogP contribution in [0.5, 0.6) is 0 Å². The van der Waals surface area contributed by atoms with Gasteiger partial charge < -0.3 is 4.57 Å². The molecule has 0 fully saturated rings. The van der Waals surface area contributed by atoms with Crippen LogP contribution >= 0.6 is 0 Å². The maximum Gasteiger partial charge on any atom is 0.163 e. The minimum absolute atomic E-state index is 0.210. The van der Waals surface area contributed by atoms with Gasteiger partial charge in [-0.2, -0.15) is 0 Å². The van der Waals surface area contributed by atoms with Crippen molar-refractivity contribution in [3.05, 3.63) is 89.8 Å². The standard InChI is InChI=1S/C20H20F3N3/c21-18-7-2-1-5-16(18)13-26(11-4-10-25-12-9-24-15-25)14-17-6-3-8-19(22)20(17)23/h1-3,5-9,12,15H,4,10-11,13-14H2. The van der Waals surface area contributed by atoms with Crippen molar-refractivity contribution >= 4 is 0 Å². The van der Waals surface area contributed by atoms with E-state index in [-0.39, 0.29) is 17.9 Å². The van der Waals surface area contributed by atoms with E-state index in [2.05, 4.69) is 4.98 Å². The maximum absolute atomic E-state index is 14.0. The molecule has 0 amide bonds. The summed E-state index contributed by atoms with van der Waals surface area (Å²) in [5, 5.41) is 0. The first kappa shape index (κ1) is 18.2. The number of hydrogen-bond donors (Lipinski definition) is 0. The van der Waals surface area contributed by atoms with Crippen LogP contribution in [0, 0.1) is 17.5 Å². The molecule has 0 aliphatic rings. The van der Waals surface area contributed by atoms with Crippen LogP contribution in [0.4, 0.5) is 13.2 Å². The van der Waals surface area contributed by atoms with E-state index in [1.54, 1.807) is 36.8 Å². The van der Waals surface area contributed by atoms with Crippen molar-refractivity contribution in [3.63, 3.8) is 0 Å². The fraction of sp³-hybridized carbons (Fsp3) is 0.250. The van der Waals surface area contributed by atoms with Gasteiger partial charge in [0, 0.05) is 49.7 Å². The summed E-state index contributed by atoms with van der Waals surface area (Å²) in [6, 6.07) is 10.7. The van der Waals surface area contributed by atoms with E-state index in [1.807, 2.05) is 15.7 Å². The number of aromatic nitrogens is 2. The fourth-order valence-corrected chi connectivity index (χ4v) is 2.89. The zero-order chi connectivity index (χ0) is 18.4. The number of nitrogens with zero attached hydrogens (tertiary/aromatic N) is 3. The van der Waals surface area contributed by atoms with E-state index >= 15 is 0 Å². The minimum Gasteiger partial charge on any atom is -0.337 e. The molecular formula is C20H20F3N3. The van der Waals surface area contributed by atoms with Crippen molar-refractivity contribution in [2.45, 2.75) is 26.1 Å². The molecule has 0 aliphatic carbocycles. The van der Waals surface area contributed by atoms with Crippen molar-refractivity contribution < 1.29 is 13.2 Å². The lowest BCUT2D eigenvalue weighted by Crippen LogP contribution is -2.26. The summed E-state index contributed by atoms with van der Waals surface area (Å²) >= 11 is 0. The average Bonchev–Trinajstić information content (AvgIpc) is 3.14. The van der Waals surface area contributed by atoms with Crippen molar-refractivity contribution in [1.29, 1.82) is 0 Å². The van der Waals surface area contributed by atoms with Gasteiger partial charge in [0.15, 0.2) is 11.6 Å². The molecule has 6 heteroatoms. The maximum atomic E-state index is 14.0. The summed E-state index contributed by atoms with van der Waals surface area (Å²) in [5.41, 5.74) is 0.802. The summed E-state index contributed by atoms with van der Waals surface area (Å²) < 4.78 is 43.5. The van der Waals surface area contributed by atoms with Crippen molar-refractivity contribution in [3.8, 4) is 0 Å². The van der Waals surface area contributed by atoms with Gasteiger partial charge in [-0.15, -0.1) is 0 Å². The molecule has 0 unspecified atom stereocenters. The van der Waals surface area contributed by atoms with Crippen molar-refractivity contribution in [1.82, 2.24) is 14.5 Å². The Morgan fingerprint density at radius 1 is 0.885 bits per heavy atom. The van der Waals surface area contributed by atoms with E-state index in [1.165, 1.54) is 12.1 Å². The van der Waals surface area contributed by atoms with Gasteiger partial charge in [0.1, 0.15) is 5.82 Å². The fourth-order valence-electron chi connectivity index (χ4n) is 2.89. The SMILES string of the molecule is Fc1ccccc1CN(CCCn1ccnc1)Cc1cccc(F)c1F. The third-order valence-corrected chi connectivity index (χ3v) is 4.23. The molecule has 3 rings (SSSR count). The van der Waals surface area contributed by atoms with Crippen LogP contribution in [0.1, 0.15) is 17.5 Å². The molecule has 3 nitrogen and oxygen atoms in total. The lowest BCUT2D eigenvalue weighted by Gasteiger charge is -2.23. The highest BCUT2D eigenvalue weighted by molar-refractivity contribution is 5.20. The Morgan fingerprint density at radius 2 is 1.62 bits per heavy atom. The molecule has 0 bridgehead atoms. The molecule has 26 heavy (non-hydrogen) atoms. The van der Waals surface area contributed by atoms with Gasteiger partial charge in [-0.05, 0) is 18.6 Å². The molecule has 3 aromatic rings. The van der Waals surface area contributed by atoms with Gasteiger partial charge in [-0.25, -0.2) is 18.2 Å². The molecule has 0 saturated carbocycles. The monoisotopic (exact) mass is 359 g/mol. The Balaban J connectivity index is 1.71. The molecule has 0 aliphatic heterocycles. The molecule has 1 heterocycles. The predicted octanol–water partition coefficient (Wildman–Crippen LogP) is 4.39. The Kier molecular flexibility index (Phi) is 6.07. The lowest BCUT2D eigenvalue weighted by atomic mass is 10.1. The first-order chi connectivity index (χ1) is 12.6. The average molecular weight is 359 g/mol. The van der Waals surface area contributed by atoms with Crippen LogP contribution in [0.25, 0.3) is 0 Å². The summed E-state index contributed by atoms with van der Waals surface area (Å²) in [6.45, 7) is 1.90. The number of halogens is 3. The number of hydrogen-bond acceptors (Lipinski definition) is 2. The lowest BCUT2D eigenvalue weighted by molar-refractivity contribution is 0.241. The number of aryl methyl sites for hydroxylation is 1. The molecule has 0 atom stereocenters. The molecule has 0 spiro atoms. The topological polar surface area (TPSA) is 21.1 Å². The van der Waals surface area contributed by atoms with Crippen LogP contribution in [0.3, 0.4) is 0 Å². The predicted molar refractivity (Wildman–Crippen MR) is 93.7 cm³/mol. The van der Waals surface area contributed by atoms with Crippen LogP contribution in [0.15, 0.2) is 61.2 Å². The smallest absolute Gasteiger partial charge is 0.163 e. The van der Waals surface area contributed by atoms with Crippen LogP contribution < -0.4 is 0 Å². The Morgan fingerprint density at radius 3 is 2.38 bits per heavy atom. The van der Waals surface area contributed by atoms with Gasteiger partial charge in [-0.3, -0.25) is 4.90 Å². The first-order valence-electron chi connectivity index (χ1n) is 8.48. The first-order valence-corrected chi connectivity index (χ1v) is 8.48. The third kappa shape index (κ3) is 4.73. The molecule has 1 aromatic heterocycles. The summed E-state index contributed by atoms with van der Waals surface area (Å²) in [4.78, 5) is 5.92. The molecule has 0 N–H and O–H groups in total. The summed E-state index contributed by atoms with van der Waals surface area (Å²) in [6.07, 6.45) is 6.09. The largest absolute Gasteiger partial charge is 0.337 e. The van der Waals surface area contributed by atoms with E-state index < -0.39 is 11.6 Å². The van der Waals surface area contributed by atoms with E-state index in [4.69, 9.17) is 0 Å². The Labute approximate surface area is 150 Å². The van der Waals surface area contributed by atoms with Crippen molar-refractivity contribution in [2.24, 2.45) is 0 Å². The van der Waals surface area contributed by atoms with Crippen LogP contribution in [0.2, 0.25) is 0 Å². The molecule has 0 saturated heterocycles. The second-order valence-corrected chi connectivity index (χ2v) is 6.17. The van der Waals surface area contributed by atoms with Gasteiger partial charge in [0.25, 0.3) is 0 Å². The number of imidazole rings is 1. The van der Waals surface area contributed by atoms with E-state index in [9.17, 15) is 13.2 Å². The summed E-state index contributed by atoms with van der Waals surface area (Å²) in [5.74, 6) is -2.01. The zero-order valence-electron chi connectivity index (χ0n) is 14.3. The second-order valence-electron chi connectivity index (χ2n) is 6.17. The van der Waals surface area contributed by atoms with Crippen molar-refractivity contribution in [2.75, 3.05) is 6.54 Å².